The van der Waals surface area contributed by atoms with Crippen LogP contribution < -0.4 is 5.73 Å². The third kappa shape index (κ3) is 6.75. The SMILES string of the molecule is CCOC(=O)c1c(-c2cccc(C(=N)N)c2)c[nH]c1Cc1ccc2ccccc2c1.O=C(O)C(F)(F)F. The van der Waals surface area contributed by atoms with Gasteiger partial charge >= 0.3 is 18.1 Å². The van der Waals surface area contributed by atoms with Gasteiger partial charge in [0.2, 0.25) is 0 Å². The van der Waals surface area contributed by atoms with Gasteiger partial charge in [0.15, 0.2) is 0 Å². The quantitative estimate of drug-likeness (QED) is 0.154. The lowest BCUT2D eigenvalue weighted by Crippen LogP contribution is -2.21. The Kier molecular flexibility index (Phi) is 8.33. The zero-order chi connectivity index (χ0) is 27.2. The number of carbonyl (C=O) groups is 2. The monoisotopic (exact) mass is 511 g/mol. The van der Waals surface area contributed by atoms with Crippen molar-refractivity contribution < 1.29 is 32.6 Å². The molecule has 0 aliphatic carbocycles. The highest BCUT2D eigenvalue weighted by Crippen LogP contribution is 2.30. The summed E-state index contributed by atoms with van der Waals surface area (Å²) in [5, 5.41) is 17.2. The molecule has 0 spiro atoms. The molecular formula is C27H24F3N3O4. The summed E-state index contributed by atoms with van der Waals surface area (Å²) in [4.78, 5) is 25.0. The molecule has 0 aliphatic rings. The molecule has 3 aromatic carbocycles. The third-order valence-electron chi connectivity index (χ3n) is 5.36. The van der Waals surface area contributed by atoms with E-state index in [2.05, 4.69) is 35.3 Å². The molecule has 0 radical (unpaired) electrons. The van der Waals surface area contributed by atoms with Gasteiger partial charge < -0.3 is 20.6 Å². The maximum Gasteiger partial charge on any atom is 0.490 e. The number of amidine groups is 1. The number of esters is 1. The maximum absolute atomic E-state index is 12.8. The standard InChI is InChI=1S/C25H23N3O2.C2HF3O2/c1-2-30-25(29)23-21(19-8-5-9-20(14-19)24(26)27)15-28-22(23)13-16-10-11-17-6-3-4-7-18(17)12-16;3-2(4,5)1(6)7/h3-12,14-15,28H,2,13H2,1H3,(H3,26,27);(H,6,7). The number of aromatic nitrogens is 1. The zero-order valence-corrected chi connectivity index (χ0v) is 19.7. The van der Waals surface area contributed by atoms with Crippen LogP contribution in [0.3, 0.4) is 0 Å². The Morgan fingerprint density at radius 3 is 2.32 bits per heavy atom. The van der Waals surface area contributed by atoms with Crippen molar-refractivity contribution >= 4 is 28.5 Å². The molecule has 4 aromatic rings. The first-order valence-electron chi connectivity index (χ1n) is 11.1. The zero-order valence-electron chi connectivity index (χ0n) is 19.7. The van der Waals surface area contributed by atoms with Crippen molar-refractivity contribution in [1.82, 2.24) is 4.98 Å². The summed E-state index contributed by atoms with van der Waals surface area (Å²) in [6.07, 6.45) is -2.69. The number of H-pyrrole nitrogens is 1. The summed E-state index contributed by atoms with van der Waals surface area (Å²) in [6, 6.07) is 21.8. The van der Waals surface area contributed by atoms with E-state index in [0.717, 1.165) is 27.8 Å². The number of ether oxygens (including phenoxy) is 1. The fraction of sp³-hybridized carbons (Fsp3) is 0.148. The van der Waals surface area contributed by atoms with E-state index in [1.54, 1.807) is 13.0 Å². The van der Waals surface area contributed by atoms with E-state index in [0.29, 0.717) is 24.2 Å². The first kappa shape index (κ1) is 27.0. The second kappa shape index (κ2) is 11.4. The number of carbonyl (C=O) groups excluding carboxylic acids is 1. The fourth-order valence-electron chi connectivity index (χ4n) is 3.68. The van der Waals surface area contributed by atoms with E-state index < -0.39 is 12.1 Å². The van der Waals surface area contributed by atoms with Crippen LogP contribution in [0.25, 0.3) is 21.9 Å². The van der Waals surface area contributed by atoms with Crippen molar-refractivity contribution in [3.63, 3.8) is 0 Å². The van der Waals surface area contributed by atoms with E-state index in [1.165, 1.54) is 5.39 Å². The number of nitrogens with two attached hydrogens (primary N) is 1. The van der Waals surface area contributed by atoms with Gasteiger partial charge in [0.05, 0.1) is 12.2 Å². The van der Waals surface area contributed by atoms with Gasteiger partial charge in [0, 0.05) is 29.4 Å². The summed E-state index contributed by atoms with van der Waals surface area (Å²) < 4.78 is 37.1. The Labute approximate surface area is 210 Å². The highest BCUT2D eigenvalue weighted by atomic mass is 19.4. The molecule has 7 nitrogen and oxygen atoms in total. The third-order valence-corrected chi connectivity index (χ3v) is 5.36. The molecule has 0 saturated carbocycles. The highest BCUT2D eigenvalue weighted by molar-refractivity contribution is 6.01. The normalized spacial score (nSPS) is 10.9. The molecule has 1 aromatic heterocycles. The number of aromatic amines is 1. The van der Waals surface area contributed by atoms with Gasteiger partial charge in [-0.1, -0.05) is 60.7 Å². The number of nitrogen functional groups attached to an aromatic ring is 1. The summed E-state index contributed by atoms with van der Waals surface area (Å²) in [7, 11) is 0. The molecule has 0 amide bonds. The van der Waals surface area contributed by atoms with E-state index in [9.17, 15) is 18.0 Å². The van der Waals surface area contributed by atoms with Crippen molar-refractivity contribution in [2.45, 2.75) is 19.5 Å². The topological polar surface area (TPSA) is 129 Å². The van der Waals surface area contributed by atoms with Gasteiger partial charge in [-0.25, -0.2) is 9.59 Å². The molecule has 0 saturated heterocycles. The smallest absolute Gasteiger partial charge is 0.475 e. The van der Waals surface area contributed by atoms with Gasteiger partial charge in [-0.15, -0.1) is 0 Å². The van der Waals surface area contributed by atoms with Crippen molar-refractivity contribution in [3.8, 4) is 11.1 Å². The molecule has 4 rings (SSSR count). The molecule has 192 valence electrons. The molecule has 5 N–H and O–H groups in total. The number of hydrogen-bond acceptors (Lipinski definition) is 4. The first-order chi connectivity index (χ1) is 17.5. The Hall–Kier alpha value is -4.60. The number of halogens is 3. The average Bonchev–Trinajstić information content (AvgIpc) is 3.27. The van der Waals surface area contributed by atoms with Gasteiger partial charge in [0.1, 0.15) is 5.84 Å². The number of hydrogen-bond donors (Lipinski definition) is 4. The molecular weight excluding hydrogens is 487 g/mol. The lowest BCUT2D eigenvalue weighted by Gasteiger charge is -2.09. The van der Waals surface area contributed by atoms with E-state index in [-0.39, 0.29) is 11.8 Å². The molecule has 0 atom stereocenters. The van der Waals surface area contributed by atoms with E-state index in [4.69, 9.17) is 25.8 Å². The minimum atomic E-state index is -5.08. The van der Waals surface area contributed by atoms with Crippen LogP contribution in [0.4, 0.5) is 13.2 Å². The number of nitrogens with one attached hydrogen (secondary N) is 2. The number of carboxylic acid groups (broad SMARTS) is 1. The number of benzene rings is 3. The number of fused-ring (bicyclic) bond motifs is 1. The van der Waals surface area contributed by atoms with Crippen LogP contribution in [0.2, 0.25) is 0 Å². The average molecular weight is 512 g/mol. The predicted molar refractivity (Wildman–Crippen MR) is 134 cm³/mol. The van der Waals surface area contributed by atoms with E-state index >= 15 is 0 Å². The summed E-state index contributed by atoms with van der Waals surface area (Å²) in [6.45, 7) is 2.09. The lowest BCUT2D eigenvalue weighted by atomic mass is 9.97. The molecule has 0 bridgehead atoms. The van der Waals surface area contributed by atoms with Crippen LogP contribution in [0, 0.1) is 5.41 Å². The Morgan fingerprint density at radius 1 is 1.03 bits per heavy atom. The minimum Gasteiger partial charge on any atom is -0.475 e. The number of aliphatic carboxylic acids is 1. The van der Waals surface area contributed by atoms with Crippen molar-refractivity contribution in [2.75, 3.05) is 6.61 Å². The van der Waals surface area contributed by atoms with Gasteiger partial charge in [-0.2, -0.15) is 13.2 Å². The fourth-order valence-corrected chi connectivity index (χ4v) is 3.68. The van der Waals surface area contributed by atoms with Crippen LogP contribution in [0.1, 0.15) is 34.1 Å². The number of carboxylic acids is 1. The summed E-state index contributed by atoms with van der Waals surface area (Å²) >= 11 is 0. The number of alkyl halides is 3. The molecule has 0 aliphatic heterocycles. The Bertz CT molecular complexity index is 1440. The summed E-state index contributed by atoms with van der Waals surface area (Å²) in [5.74, 6) is -3.13. The molecule has 0 fully saturated rings. The van der Waals surface area contributed by atoms with Crippen LogP contribution in [-0.4, -0.2) is 40.6 Å². The van der Waals surface area contributed by atoms with Crippen LogP contribution in [0.5, 0.6) is 0 Å². The Balaban J connectivity index is 0.000000479. The second-order valence-corrected chi connectivity index (χ2v) is 7.93. The molecule has 1 heterocycles. The van der Waals surface area contributed by atoms with Crippen molar-refractivity contribution in [2.24, 2.45) is 5.73 Å². The second-order valence-electron chi connectivity index (χ2n) is 7.93. The summed E-state index contributed by atoms with van der Waals surface area (Å²) in [5.41, 5.74) is 10.2. The molecule has 10 heteroatoms. The van der Waals surface area contributed by atoms with Gasteiger partial charge in [-0.05, 0) is 34.9 Å². The largest absolute Gasteiger partial charge is 0.490 e. The number of rotatable bonds is 6. The van der Waals surface area contributed by atoms with Crippen molar-refractivity contribution in [3.05, 3.63) is 95.3 Å². The van der Waals surface area contributed by atoms with Crippen LogP contribution >= 0.6 is 0 Å². The highest BCUT2D eigenvalue weighted by Gasteiger charge is 2.38. The van der Waals surface area contributed by atoms with Crippen LogP contribution in [0.15, 0.2) is 72.9 Å². The van der Waals surface area contributed by atoms with Crippen molar-refractivity contribution in [1.29, 1.82) is 5.41 Å². The maximum atomic E-state index is 12.8. The van der Waals surface area contributed by atoms with Gasteiger partial charge in [-0.3, -0.25) is 5.41 Å². The van der Waals surface area contributed by atoms with Gasteiger partial charge in [0.25, 0.3) is 0 Å². The lowest BCUT2D eigenvalue weighted by molar-refractivity contribution is -0.192. The molecule has 37 heavy (non-hydrogen) atoms. The first-order valence-corrected chi connectivity index (χ1v) is 11.1. The van der Waals surface area contributed by atoms with E-state index in [1.807, 2.05) is 36.5 Å². The predicted octanol–water partition coefficient (Wildman–Crippen LogP) is 5.52. The Morgan fingerprint density at radius 2 is 1.70 bits per heavy atom. The van der Waals surface area contributed by atoms with Crippen LogP contribution in [-0.2, 0) is 16.0 Å². The molecule has 0 unspecified atom stereocenters. The minimum absolute atomic E-state index is 0.0125.